The van der Waals surface area contributed by atoms with Crippen LogP contribution in [0.25, 0.3) is 0 Å². The van der Waals surface area contributed by atoms with Gasteiger partial charge in [0.05, 0.1) is 0 Å². The van der Waals surface area contributed by atoms with E-state index in [2.05, 4.69) is 22.2 Å². The second kappa shape index (κ2) is 3.68. The average Bonchev–Trinajstić information content (AvgIpc) is 2.10. The van der Waals surface area contributed by atoms with Crippen molar-refractivity contribution < 1.29 is 0 Å². The number of hydrogen-bond donors (Lipinski definition) is 2. The minimum absolute atomic E-state index is 0.452. The summed E-state index contributed by atoms with van der Waals surface area (Å²) in [6, 6.07) is 1.79. The third kappa shape index (κ3) is 2.37. The molecule has 3 N–H and O–H groups in total. The first-order chi connectivity index (χ1) is 7.07. The van der Waals surface area contributed by atoms with Crippen molar-refractivity contribution in [2.45, 2.75) is 33.1 Å². The van der Waals surface area contributed by atoms with Gasteiger partial charge in [0.15, 0.2) is 0 Å². The number of rotatable bonds is 3. The molecule has 1 aliphatic rings. The van der Waals surface area contributed by atoms with E-state index in [0.717, 1.165) is 18.2 Å². The van der Waals surface area contributed by atoms with Crippen molar-refractivity contribution in [1.82, 2.24) is 9.97 Å². The van der Waals surface area contributed by atoms with Crippen LogP contribution < -0.4 is 11.1 Å². The standard InChI is InChI=1S/C11H18N4/c1-8-14-9(12)6-10(15-8)13-7-11(2)4-3-5-11/h6H,3-5,7H2,1-2H3,(H3,12,13,14,15). The number of aromatic nitrogens is 2. The normalized spacial score (nSPS) is 18.3. The number of nitrogen functional groups attached to an aromatic ring is 1. The maximum Gasteiger partial charge on any atom is 0.131 e. The lowest BCUT2D eigenvalue weighted by Gasteiger charge is -2.38. The summed E-state index contributed by atoms with van der Waals surface area (Å²) in [6.45, 7) is 5.14. The van der Waals surface area contributed by atoms with E-state index >= 15 is 0 Å². The number of nitrogens with zero attached hydrogens (tertiary/aromatic N) is 2. The molecule has 0 spiro atoms. The Morgan fingerprint density at radius 2 is 2.20 bits per heavy atom. The maximum absolute atomic E-state index is 5.65. The highest BCUT2D eigenvalue weighted by atomic mass is 15.0. The van der Waals surface area contributed by atoms with E-state index in [0.29, 0.717) is 11.2 Å². The van der Waals surface area contributed by atoms with Crippen molar-refractivity contribution >= 4 is 11.6 Å². The maximum atomic E-state index is 5.65. The van der Waals surface area contributed by atoms with Gasteiger partial charge in [-0.3, -0.25) is 0 Å². The Hall–Kier alpha value is -1.32. The van der Waals surface area contributed by atoms with Crippen molar-refractivity contribution in [2.24, 2.45) is 5.41 Å². The third-order valence-corrected chi connectivity index (χ3v) is 3.11. The van der Waals surface area contributed by atoms with Gasteiger partial charge in [0.1, 0.15) is 17.5 Å². The summed E-state index contributed by atoms with van der Waals surface area (Å²) in [5.74, 6) is 2.09. The minimum Gasteiger partial charge on any atom is -0.384 e. The number of anilines is 2. The summed E-state index contributed by atoms with van der Waals surface area (Å²) in [4.78, 5) is 8.33. The Morgan fingerprint density at radius 1 is 1.47 bits per heavy atom. The van der Waals surface area contributed by atoms with E-state index < -0.39 is 0 Å². The van der Waals surface area contributed by atoms with Crippen molar-refractivity contribution in [1.29, 1.82) is 0 Å². The minimum atomic E-state index is 0.452. The van der Waals surface area contributed by atoms with E-state index in [-0.39, 0.29) is 0 Å². The van der Waals surface area contributed by atoms with Crippen molar-refractivity contribution in [3.63, 3.8) is 0 Å². The Bertz CT molecular complexity index is 337. The first kappa shape index (κ1) is 10.2. The third-order valence-electron chi connectivity index (χ3n) is 3.11. The molecule has 2 rings (SSSR count). The van der Waals surface area contributed by atoms with Crippen LogP contribution in [0, 0.1) is 12.3 Å². The Balaban J connectivity index is 1.98. The largest absolute Gasteiger partial charge is 0.384 e. The lowest BCUT2D eigenvalue weighted by atomic mass is 9.70. The highest BCUT2D eigenvalue weighted by Crippen LogP contribution is 2.40. The molecule has 4 nitrogen and oxygen atoms in total. The van der Waals surface area contributed by atoms with Gasteiger partial charge in [0.25, 0.3) is 0 Å². The first-order valence-corrected chi connectivity index (χ1v) is 5.42. The molecule has 0 unspecified atom stereocenters. The van der Waals surface area contributed by atoms with Gasteiger partial charge < -0.3 is 11.1 Å². The molecule has 82 valence electrons. The topological polar surface area (TPSA) is 63.8 Å². The van der Waals surface area contributed by atoms with Crippen molar-refractivity contribution in [2.75, 3.05) is 17.6 Å². The summed E-state index contributed by atoms with van der Waals surface area (Å²) in [6.07, 6.45) is 3.96. The van der Waals surface area contributed by atoms with Crippen LogP contribution in [-0.4, -0.2) is 16.5 Å². The smallest absolute Gasteiger partial charge is 0.131 e. The van der Waals surface area contributed by atoms with E-state index in [1.54, 1.807) is 6.07 Å². The van der Waals surface area contributed by atoms with Gasteiger partial charge in [-0.15, -0.1) is 0 Å². The van der Waals surface area contributed by atoms with Crippen LogP contribution in [0.2, 0.25) is 0 Å². The molecule has 1 aromatic heterocycles. The molecular weight excluding hydrogens is 188 g/mol. The van der Waals surface area contributed by atoms with E-state index in [1.165, 1.54) is 19.3 Å². The average molecular weight is 206 g/mol. The van der Waals surface area contributed by atoms with Gasteiger partial charge in [-0.25, -0.2) is 9.97 Å². The van der Waals surface area contributed by atoms with Gasteiger partial charge >= 0.3 is 0 Å². The van der Waals surface area contributed by atoms with Gasteiger partial charge in [-0.1, -0.05) is 13.3 Å². The molecule has 0 aliphatic heterocycles. The fourth-order valence-corrected chi connectivity index (χ4v) is 1.94. The Kier molecular flexibility index (Phi) is 2.50. The summed E-state index contributed by atoms with van der Waals surface area (Å²) < 4.78 is 0. The Labute approximate surface area is 90.3 Å². The molecule has 0 bridgehead atoms. The molecule has 1 saturated carbocycles. The molecule has 1 fully saturated rings. The van der Waals surface area contributed by atoms with Crippen LogP contribution in [0.1, 0.15) is 32.0 Å². The van der Waals surface area contributed by atoms with Crippen LogP contribution in [0.5, 0.6) is 0 Å². The molecular formula is C11H18N4. The molecule has 0 radical (unpaired) electrons. The molecule has 0 amide bonds. The van der Waals surface area contributed by atoms with Crippen LogP contribution in [-0.2, 0) is 0 Å². The van der Waals surface area contributed by atoms with Gasteiger partial charge in [0.2, 0.25) is 0 Å². The zero-order valence-corrected chi connectivity index (χ0v) is 9.38. The number of nitrogens with two attached hydrogens (primary N) is 1. The van der Waals surface area contributed by atoms with Gasteiger partial charge in [0, 0.05) is 12.6 Å². The Morgan fingerprint density at radius 3 is 2.73 bits per heavy atom. The SMILES string of the molecule is Cc1nc(N)cc(NCC2(C)CCC2)n1. The fraction of sp³-hybridized carbons (Fsp3) is 0.636. The number of aryl methyl sites for hydroxylation is 1. The van der Waals surface area contributed by atoms with Crippen molar-refractivity contribution in [3.05, 3.63) is 11.9 Å². The second-order valence-electron chi connectivity index (χ2n) is 4.74. The molecule has 0 atom stereocenters. The van der Waals surface area contributed by atoms with Crippen molar-refractivity contribution in [3.8, 4) is 0 Å². The van der Waals surface area contributed by atoms with Gasteiger partial charge in [-0.05, 0) is 25.2 Å². The molecule has 0 saturated heterocycles. The molecule has 1 aromatic rings. The predicted molar refractivity (Wildman–Crippen MR) is 61.6 cm³/mol. The summed E-state index contributed by atoms with van der Waals surface area (Å²) >= 11 is 0. The fourth-order valence-electron chi connectivity index (χ4n) is 1.94. The lowest BCUT2D eigenvalue weighted by Crippen LogP contribution is -2.33. The molecule has 1 heterocycles. The first-order valence-electron chi connectivity index (χ1n) is 5.42. The van der Waals surface area contributed by atoms with Crippen LogP contribution in [0.15, 0.2) is 6.07 Å². The van der Waals surface area contributed by atoms with E-state index in [1.807, 2.05) is 6.92 Å². The predicted octanol–water partition coefficient (Wildman–Crippen LogP) is 1.97. The van der Waals surface area contributed by atoms with Crippen LogP contribution in [0.4, 0.5) is 11.6 Å². The summed E-state index contributed by atoms with van der Waals surface area (Å²) in [5.41, 5.74) is 6.11. The zero-order valence-electron chi connectivity index (χ0n) is 9.38. The molecule has 1 aliphatic carbocycles. The summed E-state index contributed by atoms with van der Waals surface area (Å²) in [5, 5.41) is 3.34. The monoisotopic (exact) mass is 206 g/mol. The second-order valence-corrected chi connectivity index (χ2v) is 4.74. The van der Waals surface area contributed by atoms with Crippen LogP contribution >= 0.6 is 0 Å². The van der Waals surface area contributed by atoms with E-state index in [4.69, 9.17) is 5.73 Å². The van der Waals surface area contributed by atoms with Crippen LogP contribution in [0.3, 0.4) is 0 Å². The lowest BCUT2D eigenvalue weighted by molar-refractivity contribution is 0.180. The number of nitrogens with one attached hydrogen (secondary N) is 1. The summed E-state index contributed by atoms with van der Waals surface area (Å²) in [7, 11) is 0. The van der Waals surface area contributed by atoms with Gasteiger partial charge in [-0.2, -0.15) is 0 Å². The highest BCUT2D eigenvalue weighted by Gasteiger charge is 2.31. The van der Waals surface area contributed by atoms with E-state index in [9.17, 15) is 0 Å². The highest BCUT2D eigenvalue weighted by molar-refractivity contribution is 5.44. The molecule has 4 heteroatoms. The molecule has 15 heavy (non-hydrogen) atoms. The zero-order chi connectivity index (χ0) is 10.9. The number of hydrogen-bond acceptors (Lipinski definition) is 4. The molecule has 0 aromatic carbocycles. The quantitative estimate of drug-likeness (QED) is 0.793.